The summed E-state index contributed by atoms with van der Waals surface area (Å²) in [7, 11) is 0. The Bertz CT molecular complexity index is 208. The molecular formula is C13H28N2O3. The van der Waals surface area contributed by atoms with Crippen molar-refractivity contribution < 1.29 is 14.9 Å². The topological polar surface area (TPSA) is 65.0 Å². The van der Waals surface area contributed by atoms with Crippen LogP contribution in [0.5, 0.6) is 0 Å². The average Bonchev–Trinajstić information content (AvgIpc) is 2.79. The van der Waals surface area contributed by atoms with Crippen LogP contribution in [0.3, 0.4) is 0 Å². The molecule has 2 atom stereocenters. The monoisotopic (exact) mass is 260 g/mol. The minimum atomic E-state index is -0.486. The molecule has 5 heteroatoms. The third kappa shape index (κ3) is 6.66. The van der Waals surface area contributed by atoms with E-state index in [0.717, 1.165) is 13.1 Å². The highest BCUT2D eigenvalue weighted by Crippen LogP contribution is 2.07. The van der Waals surface area contributed by atoms with E-state index in [1.807, 2.05) is 13.8 Å². The average molecular weight is 260 g/mol. The maximum Gasteiger partial charge on any atom is 0.0900 e. The molecule has 0 aromatic carbocycles. The largest absolute Gasteiger partial charge is 0.395 e. The molecule has 5 nitrogen and oxygen atoms in total. The van der Waals surface area contributed by atoms with E-state index >= 15 is 0 Å². The molecule has 18 heavy (non-hydrogen) atoms. The molecule has 2 unspecified atom stereocenters. The molecule has 3 N–H and O–H groups in total. The number of aliphatic hydroxyl groups excluding tert-OH is 2. The van der Waals surface area contributed by atoms with Crippen molar-refractivity contribution in [2.24, 2.45) is 0 Å². The van der Waals surface area contributed by atoms with Crippen molar-refractivity contribution in [3.05, 3.63) is 0 Å². The fourth-order valence-electron chi connectivity index (χ4n) is 2.28. The van der Waals surface area contributed by atoms with E-state index in [1.54, 1.807) is 0 Å². The van der Waals surface area contributed by atoms with E-state index in [9.17, 15) is 5.11 Å². The van der Waals surface area contributed by atoms with Gasteiger partial charge in [-0.15, -0.1) is 0 Å². The first kappa shape index (κ1) is 15.9. The highest BCUT2D eigenvalue weighted by atomic mass is 16.5. The van der Waals surface area contributed by atoms with E-state index in [4.69, 9.17) is 9.84 Å². The Morgan fingerprint density at radius 3 is 2.78 bits per heavy atom. The van der Waals surface area contributed by atoms with Gasteiger partial charge in [0.15, 0.2) is 0 Å². The van der Waals surface area contributed by atoms with Crippen molar-refractivity contribution in [1.29, 1.82) is 0 Å². The number of hydrogen-bond donors (Lipinski definition) is 3. The summed E-state index contributed by atoms with van der Waals surface area (Å²) < 4.78 is 5.40. The van der Waals surface area contributed by atoms with E-state index in [-0.39, 0.29) is 12.7 Å². The van der Waals surface area contributed by atoms with Crippen LogP contribution in [-0.4, -0.2) is 72.8 Å². The molecule has 0 spiro atoms. The van der Waals surface area contributed by atoms with Gasteiger partial charge in [-0.2, -0.15) is 0 Å². The highest BCUT2D eigenvalue weighted by molar-refractivity contribution is 4.79. The lowest BCUT2D eigenvalue weighted by atomic mass is 10.2. The molecule has 108 valence electrons. The molecule has 1 fully saturated rings. The molecule has 1 heterocycles. The van der Waals surface area contributed by atoms with Crippen LogP contribution in [-0.2, 0) is 4.74 Å². The number of nitrogens with one attached hydrogen (secondary N) is 1. The minimum absolute atomic E-state index is 0.129. The van der Waals surface area contributed by atoms with Crippen molar-refractivity contribution in [1.82, 2.24) is 10.2 Å². The Labute approximate surface area is 110 Å². The molecular weight excluding hydrogens is 232 g/mol. The molecule has 1 aliphatic rings. The highest BCUT2D eigenvalue weighted by Gasteiger charge is 2.19. The number of ether oxygens (including phenoxy) is 1. The van der Waals surface area contributed by atoms with Crippen LogP contribution >= 0.6 is 0 Å². The molecule has 0 saturated carbocycles. The van der Waals surface area contributed by atoms with Gasteiger partial charge >= 0.3 is 0 Å². The van der Waals surface area contributed by atoms with Crippen LogP contribution in [0.1, 0.15) is 26.7 Å². The number of rotatable bonds is 9. The van der Waals surface area contributed by atoms with Gasteiger partial charge in [0.2, 0.25) is 0 Å². The second kappa shape index (κ2) is 8.82. The SMILES string of the molecule is CC(C)OCC(O)CN(CCO)CC1CCCN1. The van der Waals surface area contributed by atoms with Gasteiger partial charge in [-0.3, -0.25) is 4.90 Å². The van der Waals surface area contributed by atoms with Gasteiger partial charge in [0.1, 0.15) is 0 Å². The molecule has 0 radical (unpaired) electrons. The zero-order chi connectivity index (χ0) is 13.4. The summed E-state index contributed by atoms with van der Waals surface area (Å²) in [5, 5.41) is 22.4. The van der Waals surface area contributed by atoms with Crippen LogP contribution in [0.2, 0.25) is 0 Å². The van der Waals surface area contributed by atoms with Gasteiger partial charge < -0.3 is 20.3 Å². The van der Waals surface area contributed by atoms with Crippen molar-refractivity contribution >= 4 is 0 Å². The van der Waals surface area contributed by atoms with Gasteiger partial charge in [0, 0.05) is 25.7 Å². The Hall–Kier alpha value is -0.200. The van der Waals surface area contributed by atoms with Gasteiger partial charge in [-0.25, -0.2) is 0 Å². The fourth-order valence-corrected chi connectivity index (χ4v) is 2.28. The number of hydrogen-bond acceptors (Lipinski definition) is 5. The molecule has 0 aliphatic carbocycles. The van der Waals surface area contributed by atoms with E-state index in [0.29, 0.717) is 25.7 Å². The molecule has 1 aliphatic heterocycles. The lowest BCUT2D eigenvalue weighted by Crippen LogP contribution is -2.43. The van der Waals surface area contributed by atoms with Gasteiger partial charge in [-0.1, -0.05) is 0 Å². The van der Waals surface area contributed by atoms with Gasteiger partial charge in [-0.05, 0) is 33.2 Å². The summed E-state index contributed by atoms with van der Waals surface area (Å²) in [5.74, 6) is 0. The first-order chi connectivity index (χ1) is 8.61. The first-order valence-electron chi connectivity index (χ1n) is 6.98. The Balaban J connectivity index is 2.26. The van der Waals surface area contributed by atoms with E-state index in [1.165, 1.54) is 12.8 Å². The molecule has 1 saturated heterocycles. The van der Waals surface area contributed by atoms with Crippen LogP contribution in [0.4, 0.5) is 0 Å². The zero-order valence-electron chi connectivity index (χ0n) is 11.6. The second-order valence-electron chi connectivity index (χ2n) is 5.31. The smallest absolute Gasteiger partial charge is 0.0900 e. The van der Waals surface area contributed by atoms with E-state index < -0.39 is 6.10 Å². The molecule has 0 aromatic heterocycles. The van der Waals surface area contributed by atoms with Crippen LogP contribution < -0.4 is 5.32 Å². The lowest BCUT2D eigenvalue weighted by Gasteiger charge is -2.27. The third-order valence-corrected chi connectivity index (χ3v) is 3.15. The lowest BCUT2D eigenvalue weighted by molar-refractivity contribution is -0.0109. The standard InChI is InChI=1S/C13H28N2O3/c1-11(2)18-10-13(17)9-15(6-7-16)8-12-4-3-5-14-12/h11-14,16-17H,3-10H2,1-2H3. The quantitative estimate of drug-likeness (QED) is 0.537. The molecule has 0 amide bonds. The summed E-state index contributed by atoms with van der Waals surface area (Å²) >= 11 is 0. The second-order valence-corrected chi connectivity index (χ2v) is 5.31. The summed E-state index contributed by atoms with van der Waals surface area (Å²) in [5.41, 5.74) is 0. The van der Waals surface area contributed by atoms with Gasteiger partial charge in [0.05, 0.1) is 25.4 Å². The normalized spacial score (nSPS) is 22.0. The maximum absolute atomic E-state index is 9.90. The maximum atomic E-state index is 9.90. The molecule has 1 rings (SSSR count). The Morgan fingerprint density at radius 1 is 1.44 bits per heavy atom. The summed E-state index contributed by atoms with van der Waals surface area (Å²) in [6.45, 7) is 7.54. The minimum Gasteiger partial charge on any atom is -0.395 e. The zero-order valence-corrected chi connectivity index (χ0v) is 11.6. The van der Waals surface area contributed by atoms with Crippen LogP contribution in [0.25, 0.3) is 0 Å². The van der Waals surface area contributed by atoms with Crippen molar-refractivity contribution in [2.75, 3.05) is 39.4 Å². The van der Waals surface area contributed by atoms with Crippen LogP contribution in [0.15, 0.2) is 0 Å². The first-order valence-corrected chi connectivity index (χ1v) is 6.98. The summed E-state index contributed by atoms with van der Waals surface area (Å²) in [6.07, 6.45) is 2.06. The van der Waals surface area contributed by atoms with Crippen molar-refractivity contribution in [2.45, 2.75) is 44.9 Å². The third-order valence-electron chi connectivity index (χ3n) is 3.15. The van der Waals surface area contributed by atoms with Crippen LogP contribution in [0, 0.1) is 0 Å². The van der Waals surface area contributed by atoms with Crippen molar-refractivity contribution in [3.8, 4) is 0 Å². The van der Waals surface area contributed by atoms with Crippen molar-refractivity contribution in [3.63, 3.8) is 0 Å². The van der Waals surface area contributed by atoms with E-state index in [2.05, 4.69) is 10.2 Å². The Kier molecular flexibility index (Phi) is 7.77. The molecule has 0 bridgehead atoms. The summed E-state index contributed by atoms with van der Waals surface area (Å²) in [4.78, 5) is 2.11. The number of nitrogens with zero attached hydrogens (tertiary/aromatic N) is 1. The van der Waals surface area contributed by atoms with Gasteiger partial charge in [0.25, 0.3) is 0 Å². The summed E-state index contributed by atoms with van der Waals surface area (Å²) in [6, 6.07) is 0.495. The molecule has 0 aromatic rings. The number of aliphatic hydroxyl groups is 2. The predicted octanol–water partition coefficient (Wildman–Crippen LogP) is -0.181. The Morgan fingerprint density at radius 2 is 2.22 bits per heavy atom. The fraction of sp³-hybridized carbons (Fsp3) is 1.00. The predicted molar refractivity (Wildman–Crippen MR) is 71.6 cm³/mol.